The zero-order valence-electron chi connectivity index (χ0n) is 10.6. The highest BCUT2D eigenvalue weighted by atomic mass is 32.1. The Balaban J connectivity index is 2.06. The molecule has 1 atom stereocenters. The summed E-state index contributed by atoms with van der Waals surface area (Å²) < 4.78 is 37.3. The summed E-state index contributed by atoms with van der Waals surface area (Å²) >= 11 is 1.51. The van der Waals surface area contributed by atoms with Gasteiger partial charge < -0.3 is 5.32 Å². The smallest absolute Gasteiger partial charge is 0.345 e. The molecule has 0 saturated heterocycles. The summed E-state index contributed by atoms with van der Waals surface area (Å²) in [5.74, 6) is -0.389. The molecule has 0 spiro atoms. The summed E-state index contributed by atoms with van der Waals surface area (Å²) in [6.07, 6.45) is -4.39. The molecule has 0 bridgehead atoms. The van der Waals surface area contributed by atoms with Crippen LogP contribution in [-0.2, 0) is 6.18 Å². The van der Waals surface area contributed by atoms with E-state index in [2.05, 4.69) is 5.32 Å². The highest BCUT2D eigenvalue weighted by Crippen LogP contribution is 2.29. The molecule has 6 heteroatoms. The van der Waals surface area contributed by atoms with Crippen molar-refractivity contribution in [2.24, 2.45) is 0 Å². The third-order valence-corrected chi connectivity index (χ3v) is 3.85. The zero-order chi connectivity index (χ0) is 14.8. The topological polar surface area (TPSA) is 29.1 Å². The van der Waals surface area contributed by atoms with Gasteiger partial charge in [-0.2, -0.15) is 13.2 Å². The number of hydrogen-bond donors (Lipinski definition) is 1. The van der Waals surface area contributed by atoms with E-state index in [1.54, 1.807) is 0 Å². The quantitative estimate of drug-likeness (QED) is 0.901. The van der Waals surface area contributed by atoms with E-state index in [0.29, 0.717) is 0 Å². The third kappa shape index (κ3) is 3.39. The van der Waals surface area contributed by atoms with Crippen molar-refractivity contribution in [2.45, 2.75) is 19.1 Å². The Morgan fingerprint density at radius 2 is 1.85 bits per heavy atom. The van der Waals surface area contributed by atoms with Crippen LogP contribution in [0.2, 0.25) is 0 Å². The number of alkyl halides is 3. The zero-order valence-corrected chi connectivity index (χ0v) is 11.4. The van der Waals surface area contributed by atoms with Gasteiger partial charge in [0, 0.05) is 10.4 Å². The SMILES string of the molecule is C[C@@H](NC(=O)c1ccc(C(F)(F)F)cc1)c1cccs1. The second kappa shape index (κ2) is 5.66. The highest BCUT2D eigenvalue weighted by Gasteiger charge is 2.30. The lowest BCUT2D eigenvalue weighted by molar-refractivity contribution is -0.137. The number of halogens is 3. The first-order chi connectivity index (χ1) is 9.38. The summed E-state index contributed by atoms with van der Waals surface area (Å²) in [5.41, 5.74) is -0.554. The Labute approximate surface area is 118 Å². The number of amides is 1. The fourth-order valence-electron chi connectivity index (χ4n) is 1.70. The lowest BCUT2D eigenvalue weighted by Crippen LogP contribution is -2.26. The number of carbonyl (C=O) groups is 1. The highest BCUT2D eigenvalue weighted by molar-refractivity contribution is 7.10. The van der Waals surface area contributed by atoms with E-state index >= 15 is 0 Å². The third-order valence-electron chi connectivity index (χ3n) is 2.79. The normalized spacial score (nSPS) is 13.0. The number of hydrogen-bond acceptors (Lipinski definition) is 2. The van der Waals surface area contributed by atoms with Gasteiger partial charge in [0.1, 0.15) is 0 Å². The van der Waals surface area contributed by atoms with E-state index in [1.807, 2.05) is 24.4 Å². The molecule has 106 valence electrons. The molecule has 1 N–H and O–H groups in total. The van der Waals surface area contributed by atoms with Crippen molar-refractivity contribution in [3.8, 4) is 0 Å². The molecule has 1 heterocycles. The van der Waals surface area contributed by atoms with E-state index in [4.69, 9.17) is 0 Å². The van der Waals surface area contributed by atoms with Gasteiger partial charge in [0.15, 0.2) is 0 Å². The van der Waals surface area contributed by atoms with Crippen molar-refractivity contribution in [3.05, 3.63) is 57.8 Å². The average Bonchev–Trinajstić information content (AvgIpc) is 2.91. The predicted octanol–water partition coefficient (Wildman–Crippen LogP) is 4.26. The molecule has 0 unspecified atom stereocenters. The van der Waals surface area contributed by atoms with Crippen LogP contribution in [0.3, 0.4) is 0 Å². The summed E-state index contributed by atoms with van der Waals surface area (Å²) in [6, 6.07) is 7.77. The molecule has 1 amide bonds. The lowest BCUT2D eigenvalue weighted by Gasteiger charge is -2.13. The van der Waals surface area contributed by atoms with Crippen LogP contribution < -0.4 is 5.32 Å². The Morgan fingerprint density at radius 3 is 2.35 bits per heavy atom. The second-order valence-electron chi connectivity index (χ2n) is 4.29. The van der Waals surface area contributed by atoms with Crippen molar-refractivity contribution in [3.63, 3.8) is 0 Å². The number of benzene rings is 1. The number of thiophene rings is 1. The van der Waals surface area contributed by atoms with Crippen molar-refractivity contribution in [1.29, 1.82) is 0 Å². The molecule has 1 aromatic heterocycles. The molecule has 0 radical (unpaired) electrons. The van der Waals surface area contributed by atoms with Crippen molar-refractivity contribution in [2.75, 3.05) is 0 Å². The summed E-state index contributed by atoms with van der Waals surface area (Å²) in [7, 11) is 0. The fraction of sp³-hybridized carbons (Fsp3) is 0.214. The van der Waals surface area contributed by atoms with Crippen LogP contribution in [0.15, 0.2) is 41.8 Å². The van der Waals surface area contributed by atoms with Crippen LogP contribution in [0.25, 0.3) is 0 Å². The first kappa shape index (κ1) is 14.6. The molecule has 0 fully saturated rings. The standard InChI is InChI=1S/C14H12F3NOS/c1-9(12-3-2-8-20-12)18-13(19)10-4-6-11(7-5-10)14(15,16)17/h2-9H,1H3,(H,18,19)/t9-/m1/s1. The summed E-state index contributed by atoms with van der Waals surface area (Å²) in [6.45, 7) is 1.83. The van der Waals surface area contributed by atoms with E-state index < -0.39 is 11.7 Å². The van der Waals surface area contributed by atoms with Crippen molar-refractivity contribution >= 4 is 17.2 Å². The van der Waals surface area contributed by atoms with Crippen LogP contribution in [0.5, 0.6) is 0 Å². The summed E-state index contributed by atoms with van der Waals surface area (Å²) in [5, 5.41) is 4.65. The van der Waals surface area contributed by atoms with Crippen molar-refractivity contribution in [1.82, 2.24) is 5.32 Å². The Kier molecular flexibility index (Phi) is 4.13. The fourth-order valence-corrected chi connectivity index (χ4v) is 2.43. The van der Waals surface area contributed by atoms with Crippen LogP contribution in [0.1, 0.15) is 33.8 Å². The van der Waals surface area contributed by atoms with E-state index in [0.717, 1.165) is 17.0 Å². The molecule has 0 aliphatic carbocycles. The first-order valence-electron chi connectivity index (χ1n) is 5.89. The van der Waals surface area contributed by atoms with E-state index in [-0.39, 0.29) is 17.5 Å². The monoisotopic (exact) mass is 299 g/mol. The van der Waals surface area contributed by atoms with Gasteiger partial charge in [-0.05, 0) is 42.6 Å². The minimum atomic E-state index is -4.39. The van der Waals surface area contributed by atoms with Gasteiger partial charge in [0.25, 0.3) is 5.91 Å². The summed E-state index contributed by atoms with van der Waals surface area (Å²) in [4.78, 5) is 12.9. The predicted molar refractivity (Wildman–Crippen MR) is 71.6 cm³/mol. The number of nitrogens with one attached hydrogen (secondary N) is 1. The molecule has 20 heavy (non-hydrogen) atoms. The minimum Gasteiger partial charge on any atom is -0.345 e. The van der Waals surface area contributed by atoms with Gasteiger partial charge in [-0.15, -0.1) is 11.3 Å². The molecule has 0 aliphatic heterocycles. The second-order valence-corrected chi connectivity index (χ2v) is 5.26. The Morgan fingerprint density at radius 1 is 1.20 bits per heavy atom. The van der Waals surface area contributed by atoms with E-state index in [1.165, 1.54) is 23.5 Å². The van der Waals surface area contributed by atoms with Gasteiger partial charge in [0.2, 0.25) is 0 Å². The molecular weight excluding hydrogens is 287 g/mol. The van der Waals surface area contributed by atoms with Gasteiger partial charge in [-0.3, -0.25) is 4.79 Å². The number of rotatable bonds is 3. The molecule has 2 rings (SSSR count). The van der Waals surface area contributed by atoms with Gasteiger partial charge in [-0.25, -0.2) is 0 Å². The van der Waals surface area contributed by atoms with Gasteiger partial charge >= 0.3 is 6.18 Å². The van der Waals surface area contributed by atoms with Crippen LogP contribution >= 0.6 is 11.3 Å². The molecule has 0 aliphatic rings. The Bertz CT molecular complexity index is 575. The molecular formula is C14H12F3NOS. The maximum Gasteiger partial charge on any atom is 0.416 e. The van der Waals surface area contributed by atoms with Crippen LogP contribution in [0.4, 0.5) is 13.2 Å². The van der Waals surface area contributed by atoms with Crippen molar-refractivity contribution < 1.29 is 18.0 Å². The maximum absolute atomic E-state index is 12.4. The minimum absolute atomic E-state index is 0.176. The maximum atomic E-state index is 12.4. The van der Waals surface area contributed by atoms with Crippen LogP contribution in [-0.4, -0.2) is 5.91 Å². The largest absolute Gasteiger partial charge is 0.416 e. The molecule has 0 saturated carbocycles. The molecule has 2 nitrogen and oxygen atoms in total. The lowest BCUT2D eigenvalue weighted by atomic mass is 10.1. The Hall–Kier alpha value is -1.82. The van der Waals surface area contributed by atoms with Gasteiger partial charge in [0.05, 0.1) is 11.6 Å². The first-order valence-corrected chi connectivity index (χ1v) is 6.77. The molecule has 2 aromatic rings. The molecule has 1 aromatic carbocycles. The average molecular weight is 299 g/mol. The van der Waals surface area contributed by atoms with E-state index in [9.17, 15) is 18.0 Å². The number of carbonyl (C=O) groups excluding carboxylic acids is 1. The van der Waals surface area contributed by atoms with Gasteiger partial charge in [-0.1, -0.05) is 6.07 Å². The van der Waals surface area contributed by atoms with Crippen LogP contribution in [0, 0.1) is 0 Å².